The Morgan fingerprint density at radius 3 is 2.89 bits per heavy atom. The SMILES string of the molecule is CNc1ccc2c(c1)CCC(=O)N2C(=O)CCCO. The molecule has 2 N–H and O–H groups in total. The molecule has 5 nitrogen and oxygen atoms in total. The summed E-state index contributed by atoms with van der Waals surface area (Å²) in [7, 11) is 1.83. The number of nitrogens with one attached hydrogen (secondary N) is 1. The Hall–Kier alpha value is -1.88. The first-order valence-corrected chi connectivity index (χ1v) is 6.44. The maximum absolute atomic E-state index is 12.1. The van der Waals surface area contributed by atoms with Gasteiger partial charge in [-0.3, -0.25) is 14.5 Å². The van der Waals surface area contributed by atoms with Crippen LogP contribution in [0.2, 0.25) is 0 Å². The van der Waals surface area contributed by atoms with E-state index in [2.05, 4.69) is 5.32 Å². The molecule has 0 saturated heterocycles. The van der Waals surface area contributed by atoms with Crippen LogP contribution in [-0.4, -0.2) is 30.6 Å². The van der Waals surface area contributed by atoms with Gasteiger partial charge in [-0.25, -0.2) is 0 Å². The zero-order valence-corrected chi connectivity index (χ0v) is 11.0. The average molecular weight is 262 g/mol. The van der Waals surface area contributed by atoms with Gasteiger partial charge in [0.05, 0.1) is 5.69 Å². The number of hydrogen-bond acceptors (Lipinski definition) is 4. The summed E-state index contributed by atoms with van der Waals surface area (Å²) in [6.07, 6.45) is 1.58. The highest BCUT2D eigenvalue weighted by atomic mass is 16.3. The summed E-state index contributed by atoms with van der Waals surface area (Å²) >= 11 is 0. The van der Waals surface area contributed by atoms with Crippen LogP contribution >= 0.6 is 0 Å². The number of carbonyl (C=O) groups excluding carboxylic acids is 2. The number of amides is 2. The second-order valence-electron chi connectivity index (χ2n) is 4.54. The minimum atomic E-state index is -0.239. The molecule has 2 amide bonds. The molecule has 1 aromatic carbocycles. The number of nitrogens with zero attached hydrogens (tertiary/aromatic N) is 1. The quantitative estimate of drug-likeness (QED) is 0.858. The number of rotatable bonds is 4. The summed E-state index contributed by atoms with van der Waals surface area (Å²) in [4.78, 5) is 25.3. The van der Waals surface area contributed by atoms with Crippen LogP contribution in [0, 0.1) is 0 Å². The lowest BCUT2D eigenvalue weighted by Gasteiger charge is -2.28. The van der Waals surface area contributed by atoms with Crippen molar-refractivity contribution < 1.29 is 14.7 Å². The topological polar surface area (TPSA) is 69.6 Å². The Balaban J connectivity index is 2.30. The molecule has 0 fully saturated rings. The fourth-order valence-corrected chi connectivity index (χ4v) is 2.26. The Kier molecular flexibility index (Phi) is 4.16. The molecule has 1 aromatic rings. The van der Waals surface area contributed by atoms with Gasteiger partial charge in [0.15, 0.2) is 0 Å². The molecular weight excluding hydrogens is 244 g/mol. The van der Waals surface area contributed by atoms with E-state index in [1.165, 1.54) is 4.90 Å². The van der Waals surface area contributed by atoms with E-state index < -0.39 is 0 Å². The minimum Gasteiger partial charge on any atom is -0.396 e. The van der Waals surface area contributed by atoms with Gasteiger partial charge in [0.1, 0.15) is 0 Å². The third-order valence-electron chi connectivity index (χ3n) is 3.26. The van der Waals surface area contributed by atoms with Crippen LogP contribution in [0.5, 0.6) is 0 Å². The molecule has 19 heavy (non-hydrogen) atoms. The molecule has 0 bridgehead atoms. The Bertz CT molecular complexity index is 499. The predicted octanol–water partition coefficient (Wildman–Crippen LogP) is 1.31. The molecule has 0 atom stereocenters. The number of aliphatic hydroxyl groups excluding tert-OH is 1. The number of aryl methyl sites for hydroxylation is 1. The van der Waals surface area contributed by atoms with Crippen molar-refractivity contribution >= 4 is 23.2 Å². The number of carbonyl (C=O) groups is 2. The summed E-state index contributed by atoms with van der Waals surface area (Å²) in [6, 6.07) is 5.62. The van der Waals surface area contributed by atoms with Crippen molar-refractivity contribution in [2.75, 3.05) is 23.9 Å². The lowest BCUT2D eigenvalue weighted by molar-refractivity contribution is -0.127. The second-order valence-corrected chi connectivity index (χ2v) is 4.54. The van der Waals surface area contributed by atoms with Gasteiger partial charge in [-0.05, 0) is 36.6 Å². The lowest BCUT2D eigenvalue weighted by Crippen LogP contribution is -2.40. The maximum Gasteiger partial charge on any atom is 0.234 e. The Morgan fingerprint density at radius 2 is 2.21 bits per heavy atom. The van der Waals surface area contributed by atoms with E-state index in [1.54, 1.807) is 6.07 Å². The zero-order chi connectivity index (χ0) is 13.8. The lowest BCUT2D eigenvalue weighted by atomic mass is 10.00. The predicted molar refractivity (Wildman–Crippen MR) is 73.1 cm³/mol. The van der Waals surface area contributed by atoms with E-state index in [4.69, 9.17) is 5.11 Å². The molecular formula is C14H18N2O3. The average Bonchev–Trinajstić information content (AvgIpc) is 2.44. The maximum atomic E-state index is 12.1. The van der Waals surface area contributed by atoms with Crippen molar-refractivity contribution in [2.45, 2.75) is 25.7 Å². The van der Waals surface area contributed by atoms with Crippen LogP contribution in [0.3, 0.4) is 0 Å². The normalized spacial score (nSPS) is 14.2. The molecule has 0 saturated carbocycles. The van der Waals surface area contributed by atoms with Gasteiger partial charge in [-0.15, -0.1) is 0 Å². The highest BCUT2D eigenvalue weighted by molar-refractivity contribution is 6.16. The van der Waals surface area contributed by atoms with Crippen molar-refractivity contribution in [3.05, 3.63) is 23.8 Å². The number of aliphatic hydroxyl groups is 1. The molecule has 0 spiro atoms. The molecule has 0 aliphatic carbocycles. The van der Waals surface area contributed by atoms with E-state index in [1.807, 2.05) is 19.2 Å². The molecule has 0 radical (unpaired) electrons. The molecule has 102 valence electrons. The highest BCUT2D eigenvalue weighted by Gasteiger charge is 2.28. The number of hydrogen-bond donors (Lipinski definition) is 2. The number of anilines is 2. The van der Waals surface area contributed by atoms with Gasteiger partial charge in [0.2, 0.25) is 11.8 Å². The van der Waals surface area contributed by atoms with Crippen molar-refractivity contribution in [2.24, 2.45) is 0 Å². The summed E-state index contributed by atoms with van der Waals surface area (Å²) < 4.78 is 0. The van der Waals surface area contributed by atoms with Crippen LogP contribution in [0.1, 0.15) is 24.8 Å². The van der Waals surface area contributed by atoms with Crippen molar-refractivity contribution in [3.8, 4) is 0 Å². The highest BCUT2D eigenvalue weighted by Crippen LogP contribution is 2.30. The molecule has 1 heterocycles. The van der Waals surface area contributed by atoms with Crippen LogP contribution in [0.25, 0.3) is 0 Å². The Morgan fingerprint density at radius 1 is 1.42 bits per heavy atom. The molecule has 1 aliphatic heterocycles. The first-order valence-electron chi connectivity index (χ1n) is 6.44. The van der Waals surface area contributed by atoms with Crippen LogP contribution < -0.4 is 10.2 Å². The fraction of sp³-hybridized carbons (Fsp3) is 0.429. The summed E-state index contributed by atoms with van der Waals surface area (Å²) in [5.74, 6) is -0.398. The van der Waals surface area contributed by atoms with Gasteiger partial charge < -0.3 is 10.4 Å². The third kappa shape index (κ3) is 2.76. The van der Waals surface area contributed by atoms with Crippen molar-refractivity contribution in [1.82, 2.24) is 0 Å². The van der Waals surface area contributed by atoms with Gasteiger partial charge in [0, 0.05) is 32.2 Å². The van der Waals surface area contributed by atoms with E-state index in [0.717, 1.165) is 11.3 Å². The molecule has 2 rings (SSSR count). The van der Waals surface area contributed by atoms with Gasteiger partial charge in [-0.1, -0.05) is 0 Å². The summed E-state index contributed by atoms with van der Waals surface area (Å²) in [6.45, 7) is -0.0423. The van der Waals surface area contributed by atoms with Gasteiger partial charge in [0.25, 0.3) is 0 Å². The molecule has 5 heteroatoms. The fourth-order valence-electron chi connectivity index (χ4n) is 2.26. The standard InChI is InChI=1S/C14H18N2O3/c1-15-11-5-6-12-10(9-11)4-7-14(19)16(12)13(18)3-2-8-17/h5-6,9,15,17H,2-4,7-8H2,1H3. The zero-order valence-electron chi connectivity index (χ0n) is 11.0. The van der Waals surface area contributed by atoms with E-state index in [0.29, 0.717) is 24.9 Å². The summed E-state index contributed by atoms with van der Waals surface area (Å²) in [5.41, 5.74) is 2.65. The van der Waals surface area contributed by atoms with Crippen molar-refractivity contribution in [1.29, 1.82) is 0 Å². The van der Waals surface area contributed by atoms with Crippen molar-refractivity contribution in [3.63, 3.8) is 0 Å². The molecule has 0 unspecified atom stereocenters. The van der Waals surface area contributed by atoms with Crippen LogP contribution in [0.15, 0.2) is 18.2 Å². The number of benzene rings is 1. The van der Waals surface area contributed by atoms with Crippen LogP contribution in [0.4, 0.5) is 11.4 Å². The molecule has 1 aliphatic rings. The van der Waals surface area contributed by atoms with Crippen LogP contribution in [-0.2, 0) is 16.0 Å². The first-order chi connectivity index (χ1) is 9.17. The minimum absolute atomic E-state index is 0.0423. The van der Waals surface area contributed by atoms with E-state index in [9.17, 15) is 9.59 Å². The largest absolute Gasteiger partial charge is 0.396 e. The van der Waals surface area contributed by atoms with E-state index in [-0.39, 0.29) is 24.8 Å². The second kappa shape index (κ2) is 5.84. The van der Waals surface area contributed by atoms with E-state index >= 15 is 0 Å². The van der Waals surface area contributed by atoms with Gasteiger partial charge >= 0.3 is 0 Å². The monoisotopic (exact) mass is 262 g/mol. The first kappa shape index (κ1) is 13.5. The Labute approximate surface area is 112 Å². The third-order valence-corrected chi connectivity index (χ3v) is 3.26. The summed E-state index contributed by atoms with van der Waals surface area (Å²) in [5, 5.41) is 11.8. The van der Waals surface area contributed by atoms with Gasteiger partial charge in [-0.2, -0.15) is 0 Å². The number of fused-ring (bicyclic) bond motifs is 1. The smallest absolute Gasteiger partial charge is 0.234 e. The number of imide groups is 1. The molecule has 0 aromatic heterocycles.